The van der Waals surface area contributed by atoms with E-state index in [9.17, 15) is 10.0 Å². The van der Waals surface area contributed by atoms with Crippen molar-refractivity contribution in [1.29, 1.82) is 0 Å². The summed E-state index contributed by atoms with van der Waals surface area (Å²) in [5.74, 6) is 0. The van der Waals surface area contributed by atoms with Gasteiger partial charge < -0.3 is 10.5 Å². The largest absolute Gasteiger partial charge is 0.596 e. The third-order valence-corrected chi connectivity index (χ3v) is 2.09. The molecule has 0 spiro atoms. The summed E-state index contributed by atoms with van der Waals surface area (Å²) in [6.45, 7) is 1.47. The monoisotopic (exact) mass is 167 g/mol. The zero-order chi connectivity index (χ0) is 8.55. The fourth-order valence-corrected chi connectivity index (χ4v) is 1.48. The Morgan fingerprint density at radius 1 is 1.75 bits per heavy atom. The average Bonchev–Trinajstić information content (AvgIpc) is 2.40. The van der Waals surface area contributed by atoms with Gasteiger partial charge in [-0.2, -0.15) is 0 Å². The second-order valence-corrected chi connectivity index (χ2v) is 2.78. The lowest BCUT2D eigenvalue weighted by Crippen LogP contribution is -2.38. The number of carbonyl (C=O) groups is 1. The van der Waals surface area contributed by atoms with Crippen molar-refractivity contribution in [3.63, 3.8) is 0 Å². The Kier molecular flexibility index (Phi) is 1.58. The van der Waals surface area contributed by atoms with Crippen molar-refractivity contribution in [2.24, 2.45) is 0 Å². The highest BCUT2D eigenvalue weighted by Gasteiger charge is 2.20. The van der Waals surface area contributed by atoms with Gasteiger partial charge in [0.15, 0.2) is 0 Å². The molecule has 2 heterocycles. The molecule has 1 N–H and O–H groups in total. The Labute approximate surface area is 69.2 Å². The first-order valence-corrected chi connectivity index (χ1v) is 3.81. The second-order valence-electron chi connectivity index (χ2n) is 2.78. The van der Waals surface area contributed by atoms with Crippen LogP contribution in [0.3, 0.4) is 0 Å². The van der Waals surface area contributed by atoms with Crippen molar-refractivity contribution in [3.05, 3.63) is 22.7 Å². The maximum Gasteiger partial charge on any atom is 0.272 e. The van der Waals surface area contributed by atoms with E-state index in [4.69, 9.17) is 0 Å². The van der Waals surface area contributed by atoms with Crippen molar-refractivity contribution >= 4 is 6.41 Å². The molecule has 0 radical (unpaired) electrons. The summed E-state index contributed by atoms with van der Waals surface area (Å²) < 4.78 is 1.08. The first-order chi connectivity index (χ1) is 5.83. The van der Waals surface area contributed by atoms with Gasteiger partial charge in [0.05, 0.1) is 0 Å². The first-order valence-electron chi connectivity index (χ1n) is 3.81. The Bertz CT molecular complexity index is 319. The number of fused-ring (bicyclic) bond motifs is 1. The molecule has 12 heavy (non-hydrogen) atoms. The summed E-state index contributed by atoms with van der Waals surface area (Å²) in [5.41, 5.74) is 1.75. The van der Waals surface area contributed by atoms with Crippen molar-refractivity contribution in [1.82, 2.24) is 10.00 Å². The van der Waals surface area contributed by atoms with Gasteiger partial charge in [-0.3, -0.25) is 4.79 Å². The molecule has 0 amide bonds. The van der Waals surface area contributed by atoms with Crippen LogP contribution in [0.15, 0.2) is 6.20 Å². The van der Waals surface area contributed by atoms with E-state index in [2.05, 4.69) is 5.32 Å². The smallest absolute Gasteiger partial charge is 0.272 e. The van der Waals surface area contributed by atoms with Crippen LogP contribution in [0.5, 0.6) is 0 Å². The molecule has 0 unspecified atom stereocenters. The fraction of sp³-hybridized carbons (Fsp3) is 0.429. The standard InChI is InChI=1S/C7H9N3O2/c11-5-9-7-3-8-2-1-6(7)4-10(9)12/h4-5,8H,1-3H2. The van der Waals surface area contributed by atoms with E-state index < -0.39 is 0 Å². The molecule has 0 saturated carbocycles. The van der Waals surface area contributed by atoms with Crippen molar-refractivity contribution in [2.75, 3.05) is 6.54 Å². The topological polar surface area (TPSA) is 61.0 Å². The van der Waals surface area contributed by atoms with E-state index in [0.717, 1.165) is 28.9 Å². The molecule has 5 heteroatoms. The van der Waals surface area contributed by atoms with Crippen LogP contribution in [-0.2, 0) is 17.8 Å². The predicted octanol–water partition coefficient (Wildman–Crippen LogP) is -1.19. The number of hydrogen-bond donors (Lipinski definition) is 1. The molecule has 1 aromatic heterocycles. The minimum atomic E-state index is 0.541. The van der Waals surface area contributed by atoms with Gasteiger partial charge in [-0.15, -0.1) is 0 Å². The van der Waals surface area contributed by atoms with Gasteiger partial charge in [-0.25, -0.2) is 0 Å². The third kappa shape index (κ3) is 0.902. The minimum absolute atomic E-state index is 0.541. The Morgan fingerprint density at radius 3 is 3.33 bits per heavy atom. The molecular weight excluding hydrogens is 158 g/mol. The zero-order valence-electron chi connectivity index (χ0n) is 6.49. The van der Waals surface area contributed by atoms with E-state index in [1.807, 2.05) is 0 Å². The maximum absolute atomic E-state index is 11.1. The van der Waals surface area contributed by atoms with Crippen LogP contribution in [0.2, 0.25) is 0 Å². The highest BCUT2D eigenvalue weighted by atomic mass is 16.5. The van der Waals surface area contributed by atoms with Gasteiger partial charge in [0, 0.05) is 12.1 Å². The quantitative estimate of drug-likeness (QED) is 0.325. The molecule has 0 aliphatic carbocycles. The van der Waals surface area contributed by atoms with Crippen molar-refractivity contribution in [3.8, 4) is 0 Å². The van der Waals surface area contributed by atoms with Crippen LogP contribution in [0, 0.1) is 5.21 Å². The number of carbonyl (C=O) groups excluding carboxylic acids is 1. The van der Waals surface area contributed by atoms with Crippen molar-refractivity contribution in [2.45, 2.75) is 13.0 Å². The first kappa shape index (κ1) is 7.30. The Hall–Kier alpha value is -1.36. The molecule has 0 saturated heterocycles. The third-order valence-electron chi connectivity index (χ3n) is 2.09. The summed E-state index contributed by atoms with van der Waals surface area (Å²) in [6.07, 6.45) is 2.82. The van der Waals surface area contributed by atoms with Gasteiger partial charge in [-0.05, 0) is 13.0 Å². The van der Waals surface area contributed by atoms with Crippen LogP contribution in [0.4, 0.5) is 0 Å². The normalized spacial score (nSPS) is 15.7. The molecular formula is C7H9N3O2. The van der Waals surface area contributed by atoms with E-state index >= 15 is 0 Å². The molecule has 2 rings (SSSR count). The summed E-state index contributed by atoms with van der Waals surface area (Å²) >= 11 is 0. The number of aromatic nitrogens is 2. The van der Waals surface area contributed by atoms with E-state index in [0.29, 0.717) is 17.8 Å². The number of hydrogen-bond acceptors (Lipinski definition) is 3. The van der Waals surface area contributed by atoms with E-state index in [-0.39, 0.29) is 0 Å². The van der Waals surface area contributed by atoms with Crippen molar-refractivity contribution < 1.29 is 9.64 Å². The second kappa shape index (κ2) is 2.60. The van der Waals surface area contributed by atoms with Gasteiger partial charge in [0.1, 0.15) is 5.69 Å². The van der Waals surface area contributed by atoms with Gasteiger partial charge in [-0.1, -0.05) is 9.53 Å². The predicted molar refractivity (Wildman–Crippen MR) is 41.0 cm³/mol. The van der Waals surface area contributed by atoms with Crippen LogP contribution in [0.1, 0.15) is 11.3 Å². The number of rotatable bonds is 1. The SMILES string of the molecule is O=Cn1c2c(c[n+]1[O-])CCNC2. The van der Waals surface area contributed by atoms with Crippen LogP contribution in [-0.4, -0.2) is 17.6 Å². The summed E-state index contributed by atoms with van der Waals surface area (Å²) in [4.78, 5) is 11.0. The highest BCUT2D eigenvalue weighted by molar-refractivity contribution is 5.51. The van der Waals surface area contributed by atoms with Crippen LogP contribution >= 0.6 is 0 Å². The molecule has 0 bridgehead atoms. The molecule has 1 aromatic rings. The number of nitrogens with one attached hydrogen (secondary N) is 1. The average molecular weight is 167 g/mol. The Balaban J connectivity index is 2.53. The lowest BCUT2D eigenvalue weighted by molar-refractivity contribution is -0.680. The maximum atomic E-state index is 11.1. The molecule has 0 aromatic carbocycles. The molecule has 5 nitrogen and oxygen atoms in total. The minimum Gasteiger partial charge on any atom is -0.596 e. The van der Waals surface area contributed by atoms with Crippen LogP contribution < -0.4 is 10.2 Å². The van der Waals surface area contributed by atoms with Gasteiger partial charge >= 0.3 is 0 Å². The van der Waals surface area contributed by atoms with Gasteiger partial charge in [0.25, 0.3) is 6.41 Å². The van der Waals surface area contributed by atoms with Gasteiger partial charge in [0.2, 0.25) is 6.20 Å². The zero-order valence-corrected chi connectivity index (χ0v) is 6.49. The number of nitrogens with zero attached hydrogens (tertiary/aromatic N) is 2. The lowest BCUT2D eigenvalue weighted by atomic mass is 10.1. The van der Waals surface area contributed by atoms with E-state index in [1.165, 1.54) is 6.20 Å². The highest BCUT2D eigenvalue weighted by Crippen LogP contribution is 2.09. The molecule has 1 aliphatic heterocycles. The Morgan fingerprint density at radius 2 is 2.58 bits per heavy atom. The fourth-order valence-electron chi connectivity index (χ4n) is 1.48. The summed E-state index contributed by atoms with van der Waals surface area (Å²) in [6, 6.07) is 0. The molecule has 0 atom stereocenters. The molecule has 0 fully saturated rings. The summed E-state index contributed by atoms with van der Waals surface area (Å²) in [5, 5.41) is 14.2. The van der Waals surface area contributed by atoms with Crippen LogP contribution in [0.25, 0.3) is 0 Å². The lowest BCUT2D eigenvalue weighted by Gasteiger charge is -2.09. The molecule has 64 valence electrons. The summed E-state index contributed by atoms with van der Waals surface area (Å²) in [7, 11) is 0. The molecule has 1 aliphatic rings. The van der Waals surface area contributed by atoms with E-state index in [1.54, 1.807) is 0 Å².